The van der Waals surface area contributed by atoms with Crippen molar-refractivity contribution in [3.63, 3.8) is 0 Å². The average Bonchev–Trinajstić information content (AvgIpc) is 2.83. The zero-order chi connectivity index (χ0) is 14.8. The quantitative estimate of drug-likeness (QED) is 0.611. The van der Waals surface area contributed by atoms with Crippen molar-refractivity contribution in [1.82, 2.24) is 0 Å². The van der Waals surface area contributed by atoms with E-state index in [0.717, 1.165) is 11.1 Å². The molecule has 2 aromatic rings. The van der Waals surface area contributed by atoms with Gasteiger partial charge in [-0.1, -0.05) is 48.0 Å². The van der Waals surface area contributed by atoms with Crippen LogP contribution < -0.4 is 0 Å². The Hall–Kier alpha value is -2.68. The van der Waals surface area contributed by atoms with E-state index in [4.69, 9.17) is 4.74 Å². The molecule has 1 heterocycles. The normalized spacial score (nSPS) is 16.0. The summed E-state index contributed by atoms with van der Waals surface area (Å²) in [6.45, 7) is 1.99. The van der Waals surface area contributed by atoms with Gasteiger partial charge in [0.15, 0.2) is 0 Å². The molecule has 21 heavy (non-hydrogen) atoms. The number of cyclic esters (lactones) is 1. The zero-order valence-electron chi connectivity index (χ0n) is 11.5. The lowest BCUT2D eigenvalue weighted by atomic mass is 10.1. The van der Waals surface area contributed by atoms with Crippen molar-refractivity contribution < 1.29 is 13.9 Å². The van der Waals surface area contributed by atoms with E-state index in [1.54, 1.807) is 24.3 Å². The van der Waals surface area contributed by atoms with E-state index in [1.165, 1.54) is 12.1 Å². The fraction of sp³-hybridized carbons (Fsp3) is 0.0556. The van der Waals surface area contributed by atoms with Crippen molar-refractivity contribution in [3.05, 3.63) is 82.7 Å². The Morgan fingerprint density at radius 1 is 1.05 bits per heavy atom. The second-order valence-corrected chi connectivity index (χ2v) is 4.89. The molecule has 0 saturated heterocycles. The predicted octanol–water partition coefficient (Wildman–Crippen LogP) is 4.12. The fourth-order valence-electron chi connectivity index (χ4n) is 2.11. The second kappa shape index (κ2) is 5.37. The number of hydrogen-bond donors (Lipinski definition) is 0. The Morgan fingerprint density at radius 2 is 1.76 bits per heavy atom. The Morgan fingerprint density at radius 3 is 2.48 bits per heavy atom. The Labute approximate surface area is 122 Å². The predicted molar refractivity (Wildman–Crippen MR) is 79.6 cm³/mol. The van der Waals surface area contributed by atoms with Crippen molar-refractivity contribution in [1.29, 1.82) is 0 Å². The summed E-state index contributed by atoms with van der Waals surface area (Å²) in [6, 6.07) is 14.0. The number of hydrogen-bond acceptors (Lipinski definition) is 2. The fourth-order valence-corrected chi connectivity index (χ4v) is 2.11. The minimum Gasteiger partial charge on any atom is -0.422 e. The first-order valence-electron chi connectivity index (χ1n) is 6.60. The van der Waals surface area contributed by atoms with Crippen LogP contribution in [0, 0.1) is 12.7 Å². The molecule has 3 rings (SSSR count). The molecule has 2 aromatic carbocycles. The third-order valence-electron chi connectivity index (χ3n) is 3.28. The lowest BCUT2D eigenvalue weighted by Crippen LogP contribution is -1.97. The van der Waals surface area contributed by atoms with E-state index in [0.29, 0.717) is 16.9 Å². The largest absolute Gasteiger partial charge is 0.422 e. The highest BCUT2D eigenvalue weighted by atomic mass is 19.1. The molecule has 0 radical (unpaired) electrons. The number of benzene rings is 2. The van der Waals surface area contributed by atoms with E-state index < -0.39 is 5.97 Å². The number of aryl methyl sites for hydroxylation is 1. The minimum atomic E-state index is -0.464. The number of ether oxygens (including phenoxy) is 1. The van der Waals surface area contributed by atoms with E-state index in [-0.39, 0.29) is 5.82 Å². The highest BCUT2D eigenvalue weighted by Crippen LogP contribution is 2.27. The van der Waals surface area contributed by atoms with Gasteiger partial charge < -0.3 is 4.74 Å². The summed E-state index contributed by atoms with van der Waals surface area (Å²) < 4.78 is 18.9. The molecule has 0 aromatic heterocycles. The molecule has 1 aliphatic rings. The first-order chi connectivity index (χ1) is 10.1. The van der Waals surface area contributed by atoms with Crippen LogP contribution in [-0.2, 0) is 9.53 Å². The lowest BCUT2D eigenvalue weighted by molar-refractivity contribution is -0.130. The number of carbonyl (C=O) groups is 1. The van der Waals surface area contributed by atoms with Crippen LogP contribution in [0.3, 0.4) is 0 Å². The maximum Gasteiger partial charge on any atom is 0.343 e. The van der Waals surface area contributed by atoms with Crippen LogP contribution in [0.15, 0.2) is 60.2 Å². The molecule has 0 unspecified atom stereocenters. The monoisotopic (exact) mass is 280 g/mol. The van der Waals surface area contributed by atoms with Gasteiger partial charge >= 0.3 is 5.97 Å². The van der Waals surface area contributed by atoms with Gasteiger partial charge in [0, 0.05) is 11.1 Å². The minimum absolute atomic E-state index is 0.343. The van der Waals surface area contributed by atoms with Gasteiger partial charge in [0.05, 0.1) is 5.57 Å². The summed E-state index contributed by atoms with van der Waals surface area (Å²) in [5.41, 5.74) is 2.67. The highest BCUT2D eigenvalue weighted by Gasteiger charge is 2.22. The van der Waals surface area contributed by atoms with Crippen molar-refractivity contribution in [2.45, 2.75) is 6.92 Å². The van der Waals surface area contributed by atoms with E-state index in [1.807, 2.05) is 31.2 Å². The van der Waals surface area contributed by atoms with Crippen molar-refractivity contribution >= 4 is 17.8 Å². The van der Waals surface area contributed by atoms with Gasteiger partial charge in [0.25, 0.3) is 0 Å². The zero-order valence-corrected chi connectivity index (χ0v) is 11.5. The summed E-state index contributed by atoms with van der Waals surface area (Å²) >= 11 is 0. The van der Waals surface area contributed by atoms with Crippen molar-refractivity contribution in [3.8, 4) is 0 Å². The lowest BCUT2D eigenvalue weighted by Gasteiger charge is -2.01. The van der Waals surface area contributed by atoms with Gasteiger partial charge in [-0.25, -0.2) is 9.18 Å². The molecule has 104 valence electrons. The molecule has 1 aliphatic heterocycles. The van der Waals surface area contributed by atoms with Crippen LogP contribution in [-0.4, -0.2) is 5.97 Å². The van der Waals surface area contributed by atoms with E-state index in [9.17, 15) is 9.18 Å². The maximum atomic E-state index is 13.6. The van der Waals surface area contributed by atoms with Gasteiger partial charge in [-0.15, -0.1) is 0 Å². The smallest absolute Gasteiger partial charge is 0.343 e. The van der Waals surface area contributed by atoms with Gasteiger partial charge in [0.2, 0.25) is 0 Å². The summed E-state index contributed by atoms with van der Waals surface area (Å²) in [5, 5.41) is 0. The third-order valence-corrected chi connectivity index (χ3v) is 3.28. The molecule has 0 amide bonds. The van der Waals surface area contributed by atoms with Gasteiger partial charge in [0.1, 0.15) is 11.6 Å². The molecular formula is C18H13FO2. The van der Waals surface area contributed by atoms with Crippen LogP contribution in [0.25, 0.3) is 11.8 Å². The van der Waals surface area contributed by atoms with Gasteiger partial charge in [-0.05, 0) is 25.1 Å². The Kier molecular flexibility index (Phi) is 3.40. The van der Waals surface area contributed by atoms with Crippen LogP contribution in [0.5, 0.6) is 0 Å². The Balaban J connectivity index is 1.96. The van der Waals surface area contributed by atoms with Gasteiger partial charge in [-0.2, -0.15) is 0 Å². The van der Waals surface area contributed by atoms with E-state index in [2.05, 4.69) is 0 Å². The van der Waals surface area contributed by atoms with Crippen LogP contribution >= 0.6 is 0 Å². The van der Waals surface area contributed by atoms with Crippen LogP contribution in [0.1, 0.15) is 16.7 Å². The molecule has 0 bridgehead atoms. The summed E-state index contributed by atoms with van der Waals surface area (Å²) in [4.78, 5) is 11.9. The van der Waals surface area contributed by atoms with Crippen LogP contribution in [0.4, 0.5) is 4.39 Å². The summed E-state index contributed by atoms with van der Waals surface area (Å²) in [7, 11) is 0. The molecule has 0 atom stereocenters. The number of rotatable bonds is 2. The Bertz CT molecular complexity index is 755. The summed E-state index contributed by atoms with van der Waals surface area (Å²) in [6.07, 6.45) is 3.14. The molecule has 2 nitrogen and oxygen atoms in total. The first kappa shape index (κ1) is 13.3. The third kappa shape index (κ3) is 2.77. The van der Waals surface area contributed by atoms with Crippen molar-refractivity contribution in [2.24, 2.45) is 0 Å². The second-order valence-electron chi connectivity index (χ2n) is 4.89. The molecule has 0 N–H and O–H groups in total. The average molecular weight is 280 g/mol. The highest BCUT2D eigenvalue weighted by molar-refractivity contribution is 6.05. The maximum absolute atomic E-state index is 13.6. The summed E-state index contributed by atoms with van der Waals surface area (Å²) in [5.74, 6) is -0.341. The first-order valence-corrected chi connectivity index (χ1v) is 6.60. The number of esters is 1. The van der Waals surface area contributed by atoms with E-state index >= 15 is 0 Å². The molecule has 0 spiro atoms. The molecule has 0 fully saturated rings. The molecule has 0 aliphatic carbocycles. The number of carbonyl (C=O) groups excluding carboxylic acids is 1. The van der Waals surface area contributed by atoms with Crippen LogP contribution in [0.2, 0.25) is 0 Å². The molecular weight excluding hydrogens is 267 g/mol. The topological polar surface area (TPSA) is 26.3 Å². The SMILES string of the molecule is Cc1ccc(C2=C/C(=C/c3ccccc3F)C(=O)O2)cc1. The number of halogens is 1. The van der Waals surface area contributed by atoms with Gasteiger partial charge in [-0.3, -0.25) is 0 Å². The molecule has 0 saturated carbocycles. The standard InChI is InChI=1S/C18H13FO2/c1-12-6-8-13(9-7-12)17-11-15(18(20)21-17)10-14-4-2-3-5-16(14)19/h2-11H,1H3/b15-10-. The molecule has 3 heteroatoms. The van der Waals surface area contributed by atoms with Crippen molar-refractivity contribution in [2.75, 3.05) is 0 Å².